The van der Waals surface area contributed by atoms with Crippen molar-refractivity contribution >= 4 is 21.9 Å². The smallest absolute Gasteiger partial charge is 0.342 e. The Balaban J connectivity index is 2.43. The summed E-state index contributed by atoms with van der Waals surface area (Å²) in [6.45, 7) is 0. The molecule has 1 N–H and O–H groups in total. The number of benzene rings is 2. The number of carboxylic acid groups (broad SMARTS) is 1. The van der Waals surface area contributed by atoms with Crippen LogP contribution in [0.15, 0.2) is 40.9 Å². The largest absolute Gasteiger partial charge is 0.477 e. The van der Waals surface area contributed by atoms with Gasteiger partial charge in [-0.3, -0.25) is 0 Å². The third-order valence-electron chi connectivity index (χ3n) is 2.25. The zero-order valence-corrected chi connectivity index (χ0v) is 10.9. The number of carbonyl (C=O) groups is 1. The Kier molecular flexibility index (Phi) is 3.80. The first kappa shape index (κ1) is 13.5. The summed E-state index contributed by atoms with van der Waals surface area (Å²) in [4.78, 5) is 11.0. The van der Waals surface area contributed by atoms with Crippen LogP contribution in [0.5, 0.6) is 11.5 Å². The molecule has 0 amide bonds. The van der Waals surface area contributed by atoms with Crippen molar-refractivity contribution in [3.8, 4) is 11.5 Å². The topological polar surface area (TPSA) is 46.5 Å². The van der Waals surface area contributed by atoms with Gasteiger partial charge in [0.25, 0.3) is 0 Å². The second kappa shape index (κ2) is 5.36. The minimum Gasteiger partial charge on any atom is -0.477 e. The van der Waals surface area contributed by atoms with Crippen LogP contribution in [0.3, 0.4) is 0 Å². The van der Waals surface area contributed by atoms with Crippen molar-refractivity contribution in [1.29, 1.82) is 0 Å². The van der Waals surface area contributed by atoms with Crippen LogP contribution in [0.4, 0.5) is 8.78 Å². The number of aromatic carboxylic acids is 1. The number of hydrogen-bond acceptors (Lipinski definition) is 2. The standard InChI is InChI=1S/C13H7BrF2O3/c14-7-4-8(15)6-9(5-7)19-11-3-1-2-10(16)12(11)13(17)18/h1-6H,(H,17,18). The molecule has 0 aliphatic carbocycles. The highest BCUT2D eigenvalue weighted by Gasteiger charge is 2.17. The number of carboxylic acids is 1. The normalized spacial score (nSPS) is 10.3. The molecule has 0 heterocycles. The average molecular weight is 329 g/mol. The molecule has 0 radical (unpaired) electrons. The van der Waals surface area contributed by atoms with Crippen molar-refractivity contribution in [2.24, 2.45) is 0 Å². The molecule has 0 aliphatic rings. The zero-order chi connectivity index (χ0) is 14.0. The van der Waals surface area contributed by atoms with Crippen LogP contribution in [0.25, 0.3) is 0 Å². The number of rotatable bonds is 3. The van der Waals surface area contributed by atoms with Crippen LogP contribution >= 0.6 is 15.9 Å². The van der Waals surface area contributed by atoms with E-state index in [4.69, 9.17) is 9.84 Å². The average Bonchev–Trinajstić information content (AvgIpc) is 2.26. The first-order valence-electron chi connectivity index (χ1n) is 5.13. The van der Waals surface area contributed by atoms with Crippen molar-refractivity contribution < 1.29 is 23.4 Å². The van der Waals surface area contributed by atoms with Gasteiger partial charge in [0.2, 0.25) is 0 Å². The molecular formula is C13H7BrF2O3. The fraction of sp³-hybridized carbons (Fsp3) is 0. The maximum absolute atomic E-state index is 13.4. The van der Waals surface area contributed by atoms with Gasteiger partial charge in [-0.05, 0) is 24.3 Å². The lowest BCUT2D eigenvalue weighted by Gasteiger charge is -2.09. The highest BCUT2D eigenvalue weighted by Crippen LogP contribution is 2.29. The summed E-state index contributed by atoms with van der Waals surface area (Å²) >= 11 is 3.08. The lowest BCUT2D eigenvalue weighted by atomic mass is 10.2. The van der Waals surface area contributed by atoms with Gasteiger partial charge < -0.3 is 9.84 Å². The van der Waals surface area contributed by atoms with Crippen LogP contribution in [0, 0.1) is 11.6 Å². The quantitative estimate of drug-likeness (QED) is 0.917. The molecule has 2 rings (SSSR count). The number of hydrogen-bond donors (Lipinski definition) is 1. The van der Waals surface area contributed by atoms with Crippen molar-refractivity contribution in [3.63, 3.8) is 0 Å². The summed E-state index contributed by atoms with van der Waals surface area (Å²) in [5.41, 5.74) is -0.595. The van der Waals surface area contributed by atoms with E-state index in [0.717, 1.165) is 12.1 Å². The summed E-state index contributed by atoms with van der Waals surface area (Å²) in [5.74, 6) is -3.05. The fourth-order valence-electron chi connectivity index (χ4n) is 1.51. The number of ether oxygens (including phenoxy) is 1. The van der Waals surface area contributed by atoms with E-state index < -0.39 is 23.2 Å². The van der Waals surface area contributed by atoms with Crippen LogP contribution < -0.4 is 4.74 Å². The van der Waals surface area contributed by atoms with Gasteiger partial charge in [-0.15, -0.1) is 0 Å². The van der Waals surface area contributed by atoms with Crippen LogP contribution in [0.1, 0.15) is 10.4 Å². The highest BCUT2D eigenvalue weighted by molar-refractivity contribution is 9.10. The molecule has 0 fully saturated rings. The van der Waals surface area contributed by atoms with Crippen LogP contribution in [0.2, 0.25) is 0 Å². The lowest BCUT2D eigenvalue weighted by molar-refractivity contribution is 0.0689. The minimum absolute atomic E-state index is 0.0694. The highest BCUT2D eigenvalue weighted by atomic mass is 79.9. The molecule has 98 valence electrons. The van der Waals surface area contributed by atoms with E-state index in [1.807, 2.05) is 0 Å². The Morgan fingerprint density at radius 2 is 1.95 bits per heavy atom. The van der Waals surface area contributed by atoms with E-state index in [0.29, 0.717) is 4.47 Å². The molecule has 3 nitrogen and oxygen atoms in total. The van der Waals surface area contributed by atoms with Crippen LogP contribution in [-0.2, 0) is 0 Å². The molecule has 0 atom stereocenters. The second-order valence-corrected chi connectivity index (χ2v) is 4.54. The molecule has 6 heteroatoms. The summed E-state index contributed by atoms with van der Waals surface area (Å²) < 4.78 is 32.2. The third kappa shape index (κ3) is 3.08. The van der Waals surface area contributed by atoms with Crippen LogP contribution in [-0.4, -0.2) is 11.1 Å². The minimum atomic E-state index is -1.46. The molecule has 2 aromatic carbocycles. The van der Waals surface area contributed by atoms with Gasteiger partial charge in [0.15, 0.2) is 0 Å². The van der Waals surface area contributed by atoms with Gasteiger partial charge in [0, 0.05) is 10.5 Å². The number of halogens is 3. The molecule has 0 aromatic heterocycles. The molecule has 0 unspecified atom stereocenters. The Morgan fingerprint density at radius 1 is 1.21 bits per heavy atom. The maximum atomic E-state index is 13.4. The van der Waals surface area contributed by atoms with Gasteiger partial charge in [0.05, 0.1) is 0 Å². The van der Waals surface area contributed by atoms with Gasteiger partial charge >= 0.3 is 5.97 Å². The van der Waals surface area contributed by atoms with Gasteiger partial charge in [-0.2, -0.15) is 0 Å². The lowest BCUT2D eigenvalue weighted by Crippen LogP contribution is -2.03. The van der Waals surface area contributed by atoms with E-state index in [-0.39, 0.29) is 11.5 Å². The molecule has 2 aromatic rings. The predicted octanol–water partition coefficient (Wildman–Crippen LogP) is 4.22. The SMILES string of the molecule is O=C(O)c1c(F)cccc1Oc1cc(F)cc(Br)c1. The Labute approximate surface area is 115 Å². The molecular weight excluding hydrogens is 322 g/mol. The molecule has 0 saturated heterocycles. The van der Waals surface area contributed by atoms with Gasteiger partial charge in [-0.1, -0.05) is 22.0 Å². The molecule has 0 bridgehead atoms. The van der Waals surface area contributed by atoms with E-state index in [1.54, 1.807) is 0 Å². The first-order valence-corrected chi connectivity index (χ1v) is 5.92. The van der Waals surface area contributed by atoms with Gasteiger partial charge in [0.1, 0.15) is 28.7 Å². The molecule has 19 heavy (non-hydrogen) atoms. The predicted molar refractivity (Wildman–Crippen MR) is 67.5 cm³/mol. The Bertz CT molecular complexity index is 624. The zero-order valence-electron chi connectivity index (χ0n) is 9.36. The Morgan fingerprint density at radius 3 is 2.58 bits per heavy atom. The summed E-state index contributed by atoms with van der Waals surface area (Å²) in [7, 11) is 0. The molecule has 0 spiro atoms. The fourth-order valence-corrected chi connectivity index (χ4v) is 1.96. The molecule has 0 aliphatic heterocycles. The monoisotopic (exact) mass is 328 g/mol. The summed E-state index contributed by atoms with van der Waals surface area (Å²) in [6, 6.07) is 7.35. The van der Waals surface area contributed by atoms with Crippen molar-refractivity contribution in [2.45, 2.75) is 0 Å². The van der Waals surface area contributed by atoms with Crippen molar-refractivity contribution in [3.05, 3.63) is 58.1 Å². The third-order valence-corrected chi connectivity index (χ3v) is 2.71. The van der Waals surface area contributed by atoms with Crippen molar-refractivity contribution in [2.75, 3.05) is 0 Å². The van der Waals surface area contributed by atoms with E-state index >= 15 is 0 Å². The first-order chi connectivity index (χ1) is 8.97. The van der Waals surface area contributed by atoms with E-state index in [2.05, 4.69) is 15.9 Å². The molecule has 0 saturated carbocycles. The van der Waals surface area contributed by atoms with E-state index in [1.165, 1.54) is 24.3 Å². The summed E-state index contributed by atoms with van der Waals surface area (Å²) in [6.07, 6.45) is 0. The van der Waals surface area contributed by atoms with Gasteiger partial charge in [-0.25, -0.2) is 13.6 Å². The Hall–Kier alpha value is -1.95. The van der Waals surface area contributed by atoms with Crippen molar-refractivity contribution in [1.82, 2.24) is 0 Å². The second-order valence-electron chi connectivity index (χ2n) is 3.63. The summed E-state index contributed by atoms with van der Waals surface area (Å²) in [5, 5.41) is 8.93. The van der Waals surface area contributed by atoms with E-state index in [9.17, 15) is 13.6 Å². The maximum Gasteiger partial charge on any atom is 0.342 e.